The van der Waals surface area contributed by atoms with E-state index in [0.29, 0.717) is 25.2 Å². The minimum absolute atomic E-state index is 0.0113. The third kappa shape index (κ3) is 4.71. The van der Waals surface area contributed by atoms with E-state index in [4.69, 9.17) is 4.74 Å². The quantitative estimate of drug-likeness (QED) is 0.628. The number of carbonyl (C=O) groups is 1. The van der Waals surface area contributed by atoms with E-state index in [0.717, 1.165) is 28.3 Å². The van der Waals surface area contributed by atoms with E-state index < -0.39 is 0 Å². The summed E-state index contributed by atoms with van der Waals surface area (Å²) in [4.78, 5) is 23.2. The van der Waals surface area contributed by atoms with Crippen LogP contribution in [0.4, 0.5) is 0 Å². The molecule has 8 nitrogen and oxygen atoms in total. The summed E-state index contributed by atoms with van der Waals surface area (Å²) in [6.45, 7) is 4.45. The lowest BCUT2D eigenvalue weighted by atomic mass is 10.0. The lowest BCUT2D eigenvalue weighted by molar-refractivity contribution is -0.121. The van der Waals surface area contributed by atoms with Crippen molar-refractivity contribution < 1.29 is 9.53 Å². The van der Waals surface area contributed by atoms with Crippen LogP contribution in [0.25, 0.3) is 5.78 Å². The Kier molecular flexibility index (Phi) is 6.43. The van der Waals surface area contributed by atoms with E-state index in [2.05, 4.69) is 25.3 Å². The molecule has 0 saturated carbocycles. The molecule has 0 aliphatic heterocycles. The first kappa shape index (κ1) is 20.7. The van der Waals surface area contributed by atoms with Gasteiger partial charge >= 0.3 is 0 Å². The van der Waals surface area contributed by atoms with Crippen LogP contribution in [-0.4, -0.2) is 58.1 Å². The average molecular weight is 396 g/mol. The van der Waals surface area contributed by atoms with Crippen LogP contribution in [0.5, 0.6) is 5.75 Å². The zero-order chi connectivity index (χ0) is 21.0. The number of amides is 1. The first-order chi connectivity index (χ1) is 13.9. The van der Waals surface area contributed by atoms with Crippen molar-refractivity contribution in [2.45, 2.75) is 32.7 Å². The summed E-state index contributed by atoms with van der Waals surface area (Å²) in [5.41, 5.74) is 4.00. The van der Waals surface area contributed by atoms with Gasteiger partial charge in [-0.15, -0.1) is 0 Å². The molecule has 0 fully saturated rings. The van der Waals surface area contributed by atoms with Gasteiger partial charge in [0, 0.05) is 24.4 Å². The number of fused-ring (bicyclic) bond motifs is 1. The minimum Gasteiger partial charge on any atom is -0.497 e. The van der Waals surface area contributed by atoms with Crippen LogP contribution >= 0.6 is 0 Å². The molecule has 1 aromatic carbocycles. The molecule has 1 N–H and O–H groups in total. The van der Waals surface area contributed by atoms with Crippen molar-refractivity contribution in [3.05, 3.63) is 53.1 Å². The predicted octanol–water partition coefficient (Wildman–Crippen LogP) is 2.10. The smallest absolute Gasteiger partial charge is 0.252 e. The molecule has 0 saturated heterocycles. The van der Waals surface area contributed by atoms with Crippen molar-refractivity contribution in [3.8, 4) is 5.75 Å². The number of methoxy groups -OCH3 is 1. The highest BCUT2D eigenvalue weighted by Crippen LogP contribution is 2.22. The summed E-state index contributed by atoms with van der Waals surface area (Å²) < 4.78 is 7.04. The maximum atomic E-state index is 12.5. The number of nitrogens with zero attached hydrogens (tertiary/aromatic N) is 5. The largest absolute Gasteiger partial charge is 0.497 e. The summed E-state index contributed by atoms with van der Waals surface area (Å²) >= 11 is 0. The molecule has 8 heteroatoms. The lowest BCUT2D eigenvalue weighted by Gasteiger charge is -2.25. The Morgan fingerprint density at radius 3 is 2.83 bits per heavy atom. The van der Waals surface area contributed by atoms with Gasteiger partial charge in [0.05, 0.1) is 13.2 Å². The highest BCUT2D eigenvalue weighted by atomic mass is 16.5. The van der Waals surface area contributed by atoms with Crippen molar-refractivity contribution in [2.75, 3.05) is 27.7 Å². The Labute approximate surface area is 170 Å². The van der Waals surface area contributed by atoms with Gasteiger partial charge in [-0.2, -0.15) is 10.1 Å². The standard InChI is InChI=1S/C21H28N6O2/c1-14-18(15(2)27-21(25-14)23-13-24-27)9-10-20(28)22-12-19(26(3)4)16-7-6-8-17(11-16)29-5/h6-8,11,13,19H,9-10,12H2,1-5H3,(H,22,28)/t19-/m1/s1. The first-order valence-electron chi connectivity index (χ1n) is 9.63. The monoisotopic (exact) mass is 396 g/mol. The zero-order valence-electron chi connectivity index (χ0n) is 17.6. The van der Waals surface area contributed by atoms with Gasteiger partial charge in [0.1, 0.15) is 12.1 Å². The highest BCUT2D eigenvalue weighted by molar-refractivity contribution is 5.76. The van der Waals surface area contributed by atoms with Crippen molar-refractivity contribution in [3.63, 3.8) is 0 Å². The number of aryl methyl sites for hydroxylation is 2. The number of hydrogen-bond acceptors (Lipinski definition) is 6. The lowest BCUT2D eigenvalue weighted by Crippen LogP contribution is -2.34. The van der Waals surface area contributed by atoms with Gasteiger partial charge in [-0.25, -0.2) is 9.50 Å². The topological polar surface area (TPSA) is 84.6 Å². The SMILES string of the molecule is COc1cccc([C@@H](CNC(=O)CCc2c(C)nc3ncnn3c2C)N(C)C)c1. The third-order valence-corrected chi connectivity index (χ3v) is 5.19. The number of hydrogen-bond donors (Lipinski definition) is 1. The normalized spacial score (nSPS) is 12.3. The Bertz CT molecular complexity index is 998. The van der Waals surface area contributed by atoms with E-state index in [-0.39, 0.29) is 11.9 Å². The summed E-state index contributed by atoms with van der Waals surface area (Å²) in [6.07, 6.45) is 2.49. The van der Waals surface area contributed by atoms with E-state index >= 15 is 0 Å². The Morgan fingerprint density at radius 2 is 2.10 bits per heavy atom. The van der Waals surface area contributed by atoms with Crippen molar-refractivity contribution >= 4 is 11.7 Å². The molecule has 0 bridgehead atoms. The molecule has 2 heterocycles. The second kappa shape index (κ2) is 9.00. The second-order valence-electron chi connectivity index (χ2n) is 7.29. The van der Waals surface area contributed by atoms with E-state index in [1.165, 1.54) is 6.33 Å². The molecule has 0 aliphatic carbocycles. The van der Waals surface area contributed by atoms with Gasteiger partial charge in [0.25, 0.3) is 5.78 Å². The fourth-order valence-corrected chi connectivity index (χ4v) is 3.50. The van der Waals surface area contributed by atoms with Gasteiger partial charge in [-0.05, 0) is 57.6 Å². The molecule has 154 valence electrons. The fraction of sp³-hybridized carbons (Fsp3) is 0.429. The molecule has 1 amide bonds. The first-order valence-corrected chi connectivity index (χ1v) is 9.63. The number of nitrogens with one attached hydrogen (secondary N) is 1. The summed E-state index contributed by atoms with van der Waals surface area (Å²) in [7, 11) is 5.66. The van der Waals surface area contributed by atoms with Crippen LogP contribution in [0.3, 0.4) is 0 Å². The number of carbonyl (C=O) groups excluding carboxylic acids is 1. The van der Waals surface area contributed by atoms with Crippen LogP contribution < -0.4 is 10.1 Å². The molecule has 3 aromatic rings. The summed E-state index contributed by atoms with van der Waals surface area (Å²) in [6, 6.07) is 7.99. The number of aromatic nitrogens is 4. The Hall–Kier alpha value is -3.00. The maximum absolute atomic E-state index is 12.5. The average Bonchev–Trinajstić information content (AvgIpc) is 3.16. The number of benzene rings is 1. The predicted molar refractivity (Wildman–Crippen MR) is 111 cm³/mol. The third-order valence-electron chi connectivity index (χ3n) is 5.19. The summed E-state index contributed by atoms with van der Waals surface area (Å²) in [5.74, 6) is 1.40. The van der Waals surface area contributed by atoms with E-state index in [1.54, 1.807) is 11.6 Å². The van der Waals surface area contributed by atoms with Crippen molar-refractivity contribution in [2.24, 2.45) is 0 Å². The number of rotatable bonds is 8. The molecule has 0 unspecified atom stereocenters. The maximum Gasteiger partial charge on any atom is 0.252 e. The molecule has 0 spiro atoms. The van der Waals surface area contributed by atoms with Crippen LogP contribution in [0.15, 0.2) is 30.6 Å². The molecule has 2 aromatic heterocycles. The Balaban J connectivity index is 1.63. The van der Waals surface area contributed by atoms with Crippen LogP contribution in [0.1, 0.15) is 35.0 Å². The van der Waals surface area contributed by atoms with Gasteiger partial charge in [-0.1, -0.05) is 12.1 Å². The Morgan fingerprint density at radius 1 is 1.31 bits per heavy atom. The van der Waals surface area contributed by atoms with E-state index in [9.17, 15) is 4.79 Å². The molecular weight excluding hydrogens is 368 g/mol. The summed E-state index contributed by atoms with van der Waals surface area (Å²) in [5, 5.41) is 7.27. The number of likely N-dealkylation sites (N-methyl/N-ethyl adjacent to an activating group) is 1. The van der Waals surface area contributed by atoms with Crippen LogP contribution in [0, 0.1) is 13.8 Å². The van der Waals surface area contributed by atoms with Gasteiger partial charge < -0.3 is 15.0 Å². The second-order valence-corrected chi connectivity index (χ2v) is 7.29. The minimum atomic E-state index is 0.0113. The molecule has 29 heavy (non-hydrogen) atoms. The van der Waals surface area contributed by atoms with Crippen LogP contribution in [-0.2, 0) is 11.2 Å². The number of ether oxygens (including phenoxy) is 1. The molecule has 0 radical (unpaired) electrons. The highest BCUT2D eigenvalue weighted by Gasteiger charge is 2.17. The van der Waals surface area contributed by atoms with Crippen LogP contribution in [0.2, 0.25) is 0 Å². The van der Waals surface area contributed by atoms with Crippen molar-refractivity contribution in [1.29, 1.82) is 0 Å². The fourth-order valence-electron chi connectivity index (χ4n) is 3.50. The van der Waals surface area contributed by atoms with Gasteiger partial charge in [0.15, 0.2) is 0 Å². The zero-order valence-corrected chi connectivity index (χ0v) is 17.6. The van der Waals surface area contributed by atoms with Gasteiger partial charge in [-0.3, -0.25) is 4.79 Å². The molecular formula is C21H28N6O2. The van der Waals surface area contributed by atoms with Crippen molar-refractivity contribution in [1.82, 2.24) is 29.8 Å². The molecule has 0 aliphatic rings. The molecule has 1 atom stereocenters. The van der Waals surface area contributed by atoms with Gasteiger partial charge in [0.2, 0.25) is 5.91 Å². The van der Waals surface area contributed by atoms with E-state index in [1.807, 2.05) is 52.2 Å². The molecule has 3 rings (SSSR count).